The molecule has 3 unspecified atom stereocenters. The van der Waals surface area contributed by atoms with Gasteiger partial charge in [0.15, 0.2) is 0 Å². The fourth-order valence-electron chi connectivity index (χ4n) is 2.76. The lowest BCUT2D eigenvalue weighted by Gasteiger charge is -2.41. The Hall–Kier alpha value is -1.49. The van der Waals surface area contributed by atoms with Gasteiger partial charge in [-0.1, -0.05) is 30.3 Å². The molecule has 0 radical (unpaired) electrons. The second kappa shape index (κ2) is 6.98. The summed E-state index contributed by atoms with van der Waals surface area (Å²) in [6.07, 6.45) is 2.55. The van der Waals surface area contributed by atoms with Crippen LogP contribution < -0.4 is 5.32 Å². The number of hydrogen-bond acceptors (Lipinski definition) is 3. The predicted octanol–water partition coefficient (Wildman–Crippen LogP) is 1.70. The maximum absolute atomic E-state index is 12.7. The van der Waals surface area contributed by atoms with Gasteiger partial charge in [0.25, 0.3) is 0 Å². The summed E-state index contributed by atoms with van der Waals surface area (Å²) in [7, 11) is 0. The van der Waals surface area contributed by atoms with Gasteiger partial charge in [0.05, 0.1) is 0 Å². The van der Waals surface area contributed by atoms with Gasteiger partial charge in [-0.2, -0.15) is 11.8 Å². The quantitative estimate of drug-likeness (QED) is 0.901. The molecule has 21 heavy (non-hydrogen) atoms. The Morgan fingerprint density at radius 3 is 2.57 bits per heavy atom. The zero-order chi connectivity index (χ0) is 15.4. The van der Waals surface area contributed by atoms with E-state index in [-0.39, 0.29) is 17.9 Å². The molecule has 1 aliphatic rings. The molecular formula is C16H22N2O2S. The topological polar surface area (TPSA) is 49.4 Å². The number of rotatable bonds is 5. The van der Waals surface area contributed by atoms with Gasteiger partial charge < -0.3 is 10.2 Å². The molecule has 0 aromatic heterocycles. The second-order valence-corrected chi connectivity index (χ2v) is 6.39. The van der Waals surface area contributed by atoms with Gasteiger partial charge in [-0.05, 0) is 25.7 Å². The first kappa shape index (κ1) is 15.9. The van der Waals surface area contributed by atoms with Gasteiger partial charge in [0, 0.05) is 18.2 Å². The molecule has 0 bridgehead atoms. The van der Waals surface area contributed by atoms with Crippen LogP contribution in [0.25, 0.3) is 0 Å². The van der Waals surface area contributed by atoms with Gasteiger partial charge in [-0.15, -0.1) is 0 Å². The maximum Gasteiger partial charge on any atom is 0.246 e. The Morgan fingerprint density at radius 2 is 1.95 bits per heavy atom. The molecule has 114 valence electrons. The van der Waals surface area contributed by atoms with E-state index < -0.39 is 12.1 Å². The summed E-state index contributed by atoms with van der Waals surface area (Å²) in [5.74, 6) is 0.789. The van der Waals surface area contributed by atoms with Gasteiger partial charge in [-0.3, -0.25) is 9.59 Å². The third-order valence-electron chi connectivity index (χ3n) is 3.83. The summed E-state index contributed by atoms with van der Waals surface area (Å²) in [5.41, 5.74) is 1.06. The van der Waals surface area contributed by atoms with Crippen molar-refractivity contribution in [2.45, 2.75) is 38.4 Å². The van der Waals surface area contributed by atoms with Gasteiger partial charge in [0.1, 0.15) is 12.1 Å². The molecule has 1 aromatic rings. The molecule has 2 rings (SSSR count). The first-order valence-electron chi connectivity index (χ1n) is 7.20. The van der Waals surface area contributed by atoms with Crippen LogP contribution in [-0.2, 0) is 16.0 Å². The van der Waals surface area contributed by atoms with Crippen molar-refractivity contribution in [3.8, 4) is 0 Å². The Morgan fingerprint density at radius 1 is 1.29 bits per heavy atom. The molecule has 4 nitrogen and oxygen atoms in total. The predicted molar refractivity (Wildman–Crippen MR) is 86.2 cm³/mol. The zero-order valence-corrected chi connectivity index (χ0v) is 13.5. The molecule has 2 amide bonds. The standard InChI is InChI=1S/C16H22N2O2S/c1-11(10-21-3)18-12(2)15(19)17-14(16(18)20)9-13-7-5-4-6-8-13/h4-8,11-12,14H,9-10H2,1-3H3,(H,17,19). The van der Waals surface area contributed by atoms with E-state index in [1.165, 1.54) is 0 Å². The van der Waals surface area contributed by atoms with Crippen molar-refractivity contribution in [1.29, 1.82) is 0 Å². The number of carbonyl (C=O) groups excluding carboxylic acids is 2. The summed E-state index contributed by atoms with van der Waals surface area (Å²) in [4.78, 5) is 26.6. The fourth-order valence-corrected chi connectivity index (χ4v) is 3.40. The van der Waals surface area contributed by atoms with Crippen LogP contribution in [0.5, 0.6) is 0 Å². The monoisotopic (exact) mass is 306 g/mol. The molecule has 1 heterocycles. The lowest BCUT2D eigenvalue weighted by molar-refractivity contribution is -0.150. The number of hydrogen-bond donors (Lipinski definition) is 1. The van der Waals surface area contributed by atoms with Crippen molar-refractivity contribution in [2.24, 2.45) is 0 Å². The first-order valence-corrected chi connectivity index (χ1v) is 8.59. The Labute approximate surface area is 130 Å². The normalized spacial score (nSPS) is 23.9. The Kier molecular flexibility index (Phi) is 5.28. The highest BCUT2D eigenvalue weighted by atomic mass is 32.2. The van der Waals surface area contributed by atoms with E-state index in [1.807, 2.05) is 43.5 Å². The van der Waals surface area contributed by atoms with E-state index in [9.17, 15) is 9.59 Å². The maximum atomic E-state index is 12.7. The van der Waals surface area contributed by atoms with Crippen LogP contribution >= 0.6 is 11.8 Å². The molecule has 1 N–H and O–H groups in total. The van der Waals surface area contributed by atoms with Crippen LogP contribution in [0.2, 0.25) is 0 Å². The molecule has 0 aliphatic carbocycles. The molecule has 0 spiro atoms. The lowest BCUT2D eigenvalue weighted by Crippen LogP contribution is -2.65. The van der Waals surface area contributed by atoms with Crippen LogP contribution in [0, 0.1) is 0 Å². The molecule has 1 aliphatic heterocycles. The van der Waals surface area contributed by atoms with Crippen molar-refractivity contribution < 1.29 is 9.59 Å². The average molecular weight is 306 g/mol. The number of carbonyl (C=O) groups is 2. The van der Waals surface area contributed by atoms with E-state index in [0.717, 1.165) is 11.3 Å². The molecule has 1 saturated heterocycles. The number of amides is 2. The van der Waals surface area contributed by atoms with E-state index in [0.29, 0.717) is 6.42 Å². The highest BCUT2D eigenvalue weighted by Gasteiger charge is 2.40. The highest BCUT2D eigenvalue weighted by Crippen LogP contribution is 2.18. The first-order chi connectivity index (χ1) is 10.0. The Bertz CT molecular complexity index is 506. The number of piperazine rings is 1. The van der Waals surface area contributed by atoms with Gasteiger partial charge in [-0.25, -0.2) is 0 Å². The minimum Gasteiger partial charge on any atom is -0.342 e. The third-order valence-corrected chi connectivity index (χ3v) is 4.65. The number of benzene rings is 1. The summed E-state index contributed by atoms with van der Waals surface area (Å²) < 4.78 is 0. The highest BCUT2D eigenvalue weighted by molar-refractivity contribution is 7.98. The van der Waals surface area contributed by atoms with Crippen molar-refractivity contribution in [2.75, 3.05) is 12.0 Å². The molecule has 1 aromatic carbocycles. The van der Waals surface area contributed by atoms with Crippen LogP contribution in [0.4, 0.5) is 0 Å². The van der Waals surface area contributed by atoms with Crippen molar-refractivity contribution >= 4 is 23.6 Å². The summed E-state index contributed by atoms with van der Waals surface area (Å²) in [5, 5.41) is 2.85. The van der Waals surface area contributed by atoms with Crippen LogP contribution in [0.15, 0.2) is 30.3 Å². The van der Waals surface area contributed by atoms with Crippen molar-refractivity contribution in [3.63, 3.8) is 0 Å². The number of nitrogens with zero attached hydrogens (tertiary/aromatic N) is 1. The van der Waals surface area contributed by atoms with E-state index in [4.69, 9.17) is 0 Å². The SMILES string of the molecule is CSCC(C)N1C(=O)C(Cc2ccccc2)NC(=O)C1C. The zero-order valence-electron chi connectivity index (χ0n) is 12.7. The molecular weight excluding hydrogens is 284 g/mol. The fraction of sp³-hybridized carbons (Fsp3) is 0.500. The van der Waals surface area contributed by atoms with Gasteiger partial charge in [0.2, 0.25) is 11.8 Å². The van der Waals surface area contributed by atoms with Crippen LogP contribution in [0.3, 0.4) is 0 Å². The minimum absolute atomic E-state index is 0.0208. The van der Waals surface area contributed by atoms with E-state index in [1.54, 1.807) is 23.6 Å². The van der Waals surface area contributed by atoms with Crippen LogP contribution in [0.1, 0.15) is 19.4 Å². The number of thioether (sulfide) groups is 1. The smallest absolute Gasteiger partial charge is 0.246 e. The summed E-state index contributed by atoms with van der Waals surface area (Å²) in [6.45, 7) is 3.80. The number of nitrogens with one attached hydrogen (secondary N) is 1. The second-order valence-electron chi connectivity index (χ2n) is 5.48. The third kappa shape index (κ3) is 3.59. The minimum atomic E-state index is -0.458. The van der Waals surface area contributed by atoms with Crippen LogP contribution in [-0.4, -0.2) is 46.8 Å². The molecule has 3 atom stereocenters. The lowest BCUT2D eigenvalue weighted by atomic mass is 9.99. The van der Waals surface area contributed by atoms with Gasteiger partial charge >= 0.3 is 0 Å². The molecule has 0 saturated carbocycles. The summed E-state index contributed by atoms with van der Waals surface area (Å²) >= 11 is 1.69. The van der Waals surface area contributed by atoms with Crippen molar-refractivity contribution in [3.05, 3.63) is 35.9 Å². The molecule has 5 heteroatoms. The van der Waals surface area contributed by atoms with Crippen molar-refractivity contribution in [1.82, 2.24) is 10.2 Å². The largest absolute Gasteiger partial charge is 0.342 e. The molecule has 1 fully saturated rings. The average Bonchev–Trinajstić information content (AvgIpc) is 2.46. The van der Waals surface area contributed by atoms with E-state index in [2.05, 4.69) is 5.32 Å². The summed E-state index contributed by atoms with van der Waals surface area (Å²) in [6, 6.07) is 9.00. The Balaban J connectivity index is 2.16. The van der Waals surface area contributed by atoms with E-state index >= 15 is 0 Å².